The van der Waals surface area contributed by atoms with Gasteiger partial charge in [0.15, 0.2) is 0 Å². The standard InChI is InChI=1S/C12H10ClNO2S2/c1-16-10-4-3-8(13)5-7(10)6-9-11(15)18-12(14-9)17-2/h3-6H,1-2H3/b9-6-. The smallest absolute Gasteiger partial charge is 0.244 e. The van der Waals surface area contributed by atoms with Gasteiger partial charge in [-0.25, -0.2) is 4.99 Å². The zero-order chi connectivity index (χ0) is 13.1. The normalized spacial score (nSPS) is 17.2. The van der Waals surface area contributed by atoms with Crippen molar-refractivity contribution in [3.05, 3.63) is 34.5 Å². The van der Waals surface area contributed by atoms with Gasteiger partial charge in [0.25, 0.3) is 0 Å². The lowest BCUT2D eigenvalue weighted by Crippen LogP contribution is -1.91. The first-order chi connectivity index (χ1) is 8.63. The van der Waals surface area contributed by atoms with E-state index in [0.29, 0.717) is 16.5 Å². The fraction of sp³-hybridized carbons (Fsp3) is 0.167. The van der Waals surface area contributed by atoms with E-state index in [1.807, 2.05) is 6.26 Å². The van der Waals surface area contributed by atoms with E-state index in [1.54, 1.807) is 31.4 Å². The highest BCUT2D eigenvalue weighted by atomic mass is 35.5. The predicted octanol–water partition coefficient (Wildman–Crippen LogP) is 3.68. The Balaban J connectivity index is 2.41. The molecule has 3 nitrogen and oxygen atoms in total. The van der Waals surface area contributed by atoms with Crippen LogP contribution in [0.2, 0.25) is 5.02 Å². The van der Waals surface area contributed by atoms with E-state index >= 15 is 0 Å². The number of aliphatic imine (C=N–C) groups is 1. The van der Waals surface area contributed by atoms with Crippen molar-refractivity contribution in [1.29, 1.82) is 0 Å². The second kappa shape index (κ2) is 5.82. The Morgan fingerprint density at radius 3 is 2.89 bits per heavy atom. The number of carbonyl (C=O) groups is 1. The highest BCUT2D eigenvalue weighted by Gasteiger charge is 2.21. The molecule has 0 amide bonds. The summed E-state index contributed by atoms with van der Waals surface area (Å²) in [5.74, 6) is 0.664. The van der Waals surface area contributed by atoms with E-state index in [2.05, 4.69) is 4.99 Å². The van der Waals surface area contributed by atoms with Crippen molar-refractivity contribution >= 4 is 50.7 Å². The van der Waals surface area contributed by atoms with Gasteiger partial charge in [-0.1, -0.05) is 11.6 Å². The van der Waals surface area contributed by atoms with Gasteiger partial charge < -0.3 is 4.74 Å². The minimum atomic E-state index is -0.0543. The van der Waals surface area contributed by atoms with Crippen LogP contribution < -0.4 is 4.74 Å². The van der Waals surface area contributed by atoms with E-state index < -0.39 is 0 Å². The van der Waals surface area contributed by atoms with Crippen molar-refractivity contribution in [3.8, 4) is 5.75 Å². The third-order valence-corrected chi connectivity index (χ3v) is 4.35. The number of benzene rings is 1. The molecule has 0 spiro atoms. The molecule has 0 aromatic heterocycles. The zero-order valence-corrected chi connectivity index (χ0v) is 12.2. The number of methoxy groups -OCH3 is 1. The first-order valence-corrected chi connectivity index (χ1v) is 7.46. The molecule has 0 saturated carbocycles. The minimum absolute atomic E-state index is 0.0543. The Hall–Kier alpha value is -0.910. The Bertz CT molecular complexity index is 555. The van der Waals surface area contributed by atoms with Crippen LogP contribution >= 0.6 is 35.1 Å². The average Bonchev–Trinajstić information content (AvgIpc) is 2.71. The number of ether oxygens (including phenoxy) is 1. The van der Waals surface area contributed by atoms with E-state index in [9.17, 15) is 4.79 Å². The van der Waals surface area contributed by atoms with Crippen LogP contribution in [0.5, 0.6) is 5.75 Å². The Kier molecular flexibility index (Phi) is 4.37. The van der Waals surface area contributed by atoms with Crippen molar-refractivity contribution in [2.45, 2.75) is 0 Å². The van der Waals surface area contributed by atoms with Crippen molar-refractivity contribution < 1.29 is 9.53 Å². The topological polar surface area (TPSA) is 38.7 Å². The Labute approximate surface area is 119 Å². The highest BCUT2D eigenvalue weighted by Crippen LogP contribution is 2.32. The summed E-state index contributed by atoms with van der Waals surface area (Å²) >= 11 is 8.54. The maximum absolute atomic E-state index is 11.7. The van der Waals surface area contributed by atoms with Crippen LogP contribution in [-0.2, 0) is 4.79 Å². The summed E-state index contributed by atoms with van der Waals surface area (Å²) in [4.78, 5) is 16.0. The lowest BCUT2D eigenvalue weighted by Gasteiger charge is -2.05. The van der Waals surface area contributed by atoms with Crippen LogP contribution in [0.15, 0.2) is 28.9 Å². The van der Waals surface area contributed by atoms with Crippen LogP contribution in [-0.4, -0.2) is 22.9 Å². The number of halogens is 1. The molecule has 18 heavy (non-hydrogen) atoms. The molecular formula is C12H10ClNO2S2. The summed E-state index contributed by atoms with van der Waals surface area (Å²) in [5.41, 5.74) is 1.17. The number of hydrogen-bond acceptors (Lipinski definition) is 5. The molecule has 1 heterocycles. The first kappa shape index (κ1) is 13.5. The van der Waals surface area contributed by atoms with Gasteiger partial charge in [-0.3, -0.25) is 4.79 Å². The molecule has 0 bridgehead atoms. The Morgan fingerprint density at radius 1 is 1.50 bits per heavy atom. The van der Waals surface area contributed by atoms with Gasteiger partial charge in [-0.05, 0) is 42.3 Å². The van der Waals surface area contributed by atoms with Crippen molar-refractivity contribution in [2.24, 2.45) is 4.99 Å². The Morgan fingerprint density at radius 2 is 2.28 bits per heavy atom. The molecule has 0 N–H and O–H groups in total. The fourth-order valence-corrected chi connectivity index (χ4v) is 2.88. The number of thioether (sulfide) groups is 2. The fourth-order valence-electron chi connectivity index (χ4n) is 1.44. The molecule has 0 atom stereocenters. The van der Waals surface area contributed by atoms with Crippen LogP contribution in [0.3, 0.4) is 0 Å². The summed E-state index contributed by atoms with van der Waals surface area (Å²) in [6.07, 6.45) is 3.59. The van der Waals surface area contributed by atoms with Crippen molar-refractivity contribution in [3.63, 3.8) is 0 Å². The molecule has 0 fully saturated rings. The van der Waals surface area contributed by atoms with E-state index in [4.69, 9.17) is 16.3 Å². The third-order valence-electron chi connectivity index (χ3n) is 2.26. The number of carbonyl (C=O) groups excluding carboxylic acids is 1. The minimum Gasteiger partial charge on any atom is -0.496 e. The van der Waals surface area contributed by atoms with Crippen LogP contribution in [0.25, 0.3) is 6.08 Å². The SMILES string of the molecule is COc1ccc(Cl)cc1/C=C1\N=C(SC)SC1=O. The van der Waals surface area contributed by atoms with Gasteiger partial charge in [0, 0.05) is 10.6 Å². The second-order valence-electron chi connectivity index (χ2n) is 3.39. The van der Waals surface area contributed by atoms with E-state index in [-0.39, 0.29) is 5.12 Å². The predicted molar refractivity (Wildman–Crippen MR) is 79.5 cm³/mol. The quantitative estimate of drug-likeness (QED) is 0.781. The monoisotopic (exact) mass is 299 g/mol. The summed E-state index contributed by atoms with van der Waals surface area (Å²) < 4.78 is 5.98. The van der Waals surface area contributed by atoms with Gasteiger partial charge in [0.2, 0.25) is 5.12 Å². The maximum atomic E-state index is 11.7. The molecule has 6 heteroatoms. The van der Waals surface area contributed by atoms with Gasteiger partial charge in [-0.15, -0.1) is 11.8 Å². The van der Waals surface area contributed by atoms with Gasteiger partial charge in [0.05, 0.1) is 7.11 Å². The van der Waals surface area contributed by atoms with Gasteiger partial charge in [0.1, 0.15) is 15.8 Å². The molecule has 1 aromatic carbocycles. The van der Waals surface area contributed by atoms with Gasteiger partial charge in [-0.2, -0.15) is 0 Å². The van der Waals surface area contributed by atoms with E-state index in [0.717, 1.165) is 21.7 Å². The molecule has 1 aliphatic heterocycles. The molecule has 0 radical (unpaired) electrons. The number of nitrogens with zero attached hydrogens (tertiary/aromatic N) is 1. The summed E-state index contributed by atoms with van der Waals surface area (Å²) in [6, 6.07) is 5.25. The zero-order valence-electron chi connectivity index (χ0n) is 9.77. The first-order valence-electron chi connectivity index (χ1n) is 5.04. The molecule has 0 unspecified atom stereocenters. The van der Waals surface area contributed by atoms with Crippen LogP contribution in [0.4, 0.5) is 0 Å². The van der Waals surface area contributed by atoms with Crippen molar-refractivity contribution in [2.75, 3.05) is 13.4 Å². The van der Waals surface area contributed by atoms with Crippen LogP contribution in [0.1, 0.15) is 5.56 Å². The summed E-state index contributed by atoms with van der Waals surface area (Å²) in [6.45, 7) is 0. The summed E-state index contributed by atoms with van der Waals surface area (Å²) in [5, 5.41) is 0.538. The van der Waals surface area contributed by atoms with E-state index in [1.165, 1.54) is 11.8 Å². The third kappa shape index (κ3) is 2.91. The van der Waals surface area contributed by atoms with Crippen LogP contribution in [0, 0.1) is 0 Å². The molecule has 1 aliphatic rings. The highest BCUT2D eigenvalue weighted by molar-refractivity contribution is 8.45. The maximum Gasteiger partial charge on any atom is 0.244 e. The molecule has 0 saturated heterocycles. The second-order valence-corrected chi connectivity index (χ2v) is 5.84. The molecule has 94 valence electrons. The molecule has 2 rings (SSSR count). The average molecular weight is 300 g/mol. The lowest BCUT2D eigenvalue weighted by atomic mass is 10.1. The summed E-state index contributed by atoms with van der Waals surface area (Å²) in [7, 11) is 1.58. The largest absolute Gasteiger partial charge is 0.496 e. The molecule has 0 aliphatic carbocycles. The van der Waals surface area contributed by atoms with Gasteiger partial charge >= 0.3 is 0 Å². The molecular weight excluding hydrogens is 290 g/mol. The van der Waals surface area contributed by atoms with Crippen molar-refractivity contribution in [1.82, 2.24) is 0 Å². The lowest BCUT2D eigenvalue weighted by molar-refractivity contribution is -0.107. The molecule has 1 aromatic rings. The number of rotatable bonds is 2. The number of hydrogen-bond donors (Lipinski definition) is 0.